The van der Waals surface area contributed by atoms with Crippen LogP contribution in [0.2, 0.25) is 0 Å². The fraction of sp³-hybridized carbons (Fsp3) is 0.625. The van der Waals surface area contributed by atoms with Gasteiger partial charge in [0.15, 0.2) is 0 Å². The Bertz CT molecular complexity index is 501. The van der Waals surface area contributed by atoms with Gasteiger partial charge in [-0.15, -0.1) is 13.2 Å². The lowest BCUT2D eigenvalue weighted by Crippen LogP contribution is -2.61. The van der Waals surface area contributed by atoms with Gasteiger partial charge in [0.2, 0.25) is 0 Å². The van der Waals surface area contributed by atoms with Crippen LogP contribution >= 0.6 is 0 Å². The summed E-state index contributed by atoms with van der Waals surface area (Å²) >= 11 is 0. The third-order valence-corrected chi connectivity index (χ3v) is 4.09. The number of aliphatic hydroxyl groups excluding tert-OH is 1. The van der Waals surface area contributed by atoms with Gasteiger partial charge >= 0.3 is 18.0 Å². The molecule has 25 heavy (non-hydrogen) atoms. The smallest absolute Gasteiger partial charge is 0.385 e. The summed E-state index contributed by atoms with van der Waals surface area (Å²) in [6.45, 7) is 5.97. The zero-order valence-electron chi connectivity index (χ0n) is 13.3. The SMILES string of the molecule is C=CC[C@@H]1CC=C[C@@H](CC=C)N1C[C@H](O)C(F)(F)C(F)(F)C(F)(F)F. The van der Waals surface area contributed by atoms with Gasteiger partial charge in [0.25, 0.3) is 0 Å². The molecule has 2 nitrogen and oxygen atoms in total. The second-order valence-corrected chi connectivity index (χ2v) is 5.84. The highest BCUT2D eigenvalue weighted by atomic mass is 19.4. The van der Waals surface area contributed by atoms with Gasteiger partial charge in [-0.25, -0.2) is 0 Å². The van der Waals surface area contributed by atoms with Crippen LogP contribution in [-0.2, 0) is 0 Å². The highest BCUT2D eigenvalue weighted by Crippen LogP contribution is 2.48. The van der Waals surface area contributed by atoms with E-state index in [1.807, 2.05) is 0 Å². The van der Waals surface area contributed by atoms with Crippen molar-refractivity contribution in [2.45, 2.75) is 55.5 Å². The fourth-order valence-corrected chi connectivity index (χ4v) is 2.72. The highest BCUT2D eigenvalue weighted by Gasteiger charge is 2.75. The van der Waals surface area contributed by atoms with E-state index in [9.17, 15) is 35.8 Å². The Kier molecular flexibility index (Phi) is 6.86. The number of hydrogen-bond donors (Lipinski definition) is 1. The molecule has 0 bridgehead atoms. The molecule has 0 fully saturated rings. The van der Waals surface area contributed by atoms with E-state index >= 15 is 0 Å². The van der Waals surface area contributed by atoms with Gasteiger partial charge in [-0.2, -0.15) is 30.7 Å². The second-order valence-electron chi connectivity index (χ2n) is 5.84. The molecule has 0 aliphatic carbocycles. The molecule has 0 aromatic heterocycles. The molecule has 0 aromatic carbocycles. The molecule has 0 radical (unpaired) electrons. The number of aliphatic hydroxyl groups is 1. The third kappa shape index (κ3) is 4.44. The standard InChI is InChI=1S/C16H20F7NO/c1-3-6-11-8-5-9-12(7-4-2)24(11)10-13(25)14(17,18)15(19,20)16(21,22)23/h3-5,8,11-13,25H,1-2,6-7,9-10H2/t11-,12-,13+/m1/s1. The first kappa shape index (κ1) is 21.7. The summed E-state index contributed by atoms with van der Waals surface area (Å²) in [5.41, 5.74) is 0. The van der Waals surface area contributed by atoms with Crippen LogP contribution in [0, 0.1) is 0 Å². The van der Waals surface area contributed by atoms with Crippen molar-refractivity contribution in [3.8, 4) is 0 Å². The quantitative estimate of drug-likeness (QED) is 0.504. The Morgan fingerprint density at radius 1 is 1.08 bits per heavy atom. The van der Waals surface area contributed by atoms with Crippen molar-refractivity contribution >= 4 is 0 Å². The maximum atomic E-state index is 13.7. The molecule has 144 valence electrons. The lowest BCUT2D eigenvalue weighted by Gasteiger charge is -2.41. The number of β-amino-alcohol motifs (C(OH)–C–C–N with tert-alkyl or cyclic N) is 1. The monoisotopic (exact) mass is 375 g/mol. The zero-order chi connectivity index (χ0) is 19.5. The Balaban J connectivity index is 3.07. The van der Waals surface area contributed by atoms with Gasteiger partial charge in [0.1, 0.15) is 6.10 Å². The van der Waals surface area contributed by atoms with Crippen molar-refractivity contribution in [2.75, 3.05) is 6.54 Å². The van der Waals surface area contributed by atoms with Crippen molar-refractivity contribution in [1.82, 2.24) is 4.90 Å². The van der Waals surface area contributed by atoms with Crippen molar-refractivity contribution in [3.63, 3.8) is 0 Å². The van der Waals surface area contributed by atoms with Crippen LogP contribution < -0.4 is 0 Å². The van der Waals surface area contributed by atoms with Crippen molar-refractivity contribution in [2.24, 2.45) is 0 Å². The lowest BCUT2D eigenvalue weighted by molar-refractivity contribution is -0.371. The van der Waals surface area contributed by atoms with Gasteiger partial charge in [0.05, 0.1) is 0 Å². The van der Waals surface area contributed by atoms with E-state index in [1.54, 1.807) is 12.2 Å². The molecule has 1 aliphatic heterocycles. The van der Waals surface area contributed by atoms with Crippen LogP contribution in [0.1, 0.15) is 19.3 Å². The molecule has 0 saturated carbocycles. The number of rotatable bonds is 8. The third-order valence-electron chi connectivity index (χ3n) is 4.09. The first-order valence-corrected chi connectivity index (χ1v) is 7.54. The normalized spacial score (nSPS) is 24.2. The van der Waals surface area contributed by atoms with Crippen LogP contribution in [0.5, 0.6) is 0 Å². The molecule has 1 heterocycles. The first-order valence-electron chi connectivity index (χ1n) is 7.54. The predicted octanol–water partition coefficient (Wildman–Crippen LogP) is 4.33. The van der Waals surface area contributed by atoms with Gasteiger partial charge in [-0.3, -0.25) is 4.90 Å². The minimum Gasteiger partial charge on any atom is -0.385 e. The van der Waals surface area contributed by atoms with Crippen LogP contribution in [0.15, 0.2) is 37.5 Å². The molecule has 0 amide bonds. The van der Waals surface area contributed by atoms with Crippen molar-refractivity contribution < 1.29 is 35.8 Å². The summed E-state index contributed by atoms with van der Waals surface area (Å²) in [5, 5.41) is 9.55. The summed E-state index contributed by atoms with van der Waals surface area (Å²) in [6.07, 6.45) is -2.42. The highest BCUT2D eigenvalue weighted by molar-refractivity contribution is 5.08. The summed E-state index contributed by atoms with van der Waals surface area (Å²) in [4.78, 5) is 1.29. The molecule has 1 aliphatic rings. The molecule has 0 saturated heterocycles. The number of nitrogens with zero attached hydrogens (tertiary/aromatic N) is 1. The van der Waals surface area contributed by atoms with Gasteiger partial charge in [0, 0.05) is 18.6 Å². The van der Waals surface area contributed by atoms with E-state index in [4.69, 9.17) is 0 Å². The van der Waals surface area contributed by atoms with E-state index < -0.39 is 42.8 Å². The molecule has 1 rings (SSSR count). The van der Waals surface area contributed by atoms with Crippen LogP contribution in [-0.4, -0.2) is 52.8 Å². The maximum Gasteiger partial charge on any atom is 0.459 e. The largest absolute Gasteiger partial charge is 0.459 e. The molecule has 1 N–H and O–H groups in total. The maximum absolute atomic E-state index is 13.7. The average Bonchev–Trinajstić information content (AvgIpc) is 2.49. The van der Waals surface area contributed by atoms with Gasteiger partial charge in [-0.05, 0) is 19.3 Å². The van der Waals surface area contributed by atoms with Crippen molar-refractivity contribution in [3.05, 3.63) is 37.5 Å². The minimum absolute atomic E-state index is 0.262. The van der Waals surface area contributed by atoms with Crippen molar-refractivity contribution in [1.29, 1.82) is 0 Å². The molecule has 0 aromatic rings. The Hall–Kier alpha value is -1.35. The molecular formula is C16H20F7NO. The summed E-state index contributed by atoms with van der Waals surface area (Å²) < 4.78 is 90.4. The molecule has 3 atom stereocenters. The van der Waals surface area contributed by atoms with Crippen LogP contribution in [0.4, 0.5) is 30.7 Å². The molecule has 0 unspecified atom stereocenters. The Morgan fingerprint density at radius 2 is 1.64 bits per heavy atom. The van der Waals surface area contributed by atoms with Gasteiger partial charge < -0.3 is 5.11 Å². The van der Waals surface area contributed by atoms with E-state index in [-0.39, 0.29) is 6.42 Å². The number of alkyl halides is 7. The van der Waals surface area contributed by atoms with E-state index in [0.29, 0.717) is 12.8 Å². The minimum atomic E-state index is -6.47. The van der Waals surface area contributed by atoms with E-state index in [0.717, 1.165) is 0 Å². The van der Waals surface area contributed by atoms with Gasteiger partial charge in [-0.1, -0.05) is 24.3 Å². The number of hydrogen-bond acceptors (Lipinski definition) is 2. The average molecular weight is 375 g/mol. The fourth-order valence-electron chi connectivity index (χ4n) is 2.72. The summed E-state index contributed by atoms with van der Waals surface area (Å²) in [5.74, 6) is -12.0. The van der Waals surface area contributed by atoms with E-state index in [1.165, 1.54) is 17.1 Å². The van der Waals surface area contributed by atoms with E-state index in [2.05, 4.69) is 13.2 Å². The predicted molar refractivity (Wildman–Crippen MR) is 79.6 cm³/mol. The Labute approximate surface area is 141 Å². The Morgan fingerprint density at radius 3 is 2.12 bits per heavy atom. The first-order chi connectivity index (χ1) is 11.4. The second kappa shape index (κ2) is 7.90. The lowest BCUT2D eigenvalue weighted by atomic mass is 9.95. The molecular weight excluding hydrogens is 355 g/mol. The topological polar surface area (TPSA) is 23.5 Å². The molecule has 9 heteroatoms. The summed E-state index contributed by atoms with van der Waals surface area (Å²) in [7, 11) is 0. The van der Waals surface area contributed by atoms with Crippen LogP contribution in [0.3, 0.4) is 0 Å². The zero-order valence-corrected chi connectivity index (χ0v) is 13.3. The van der Waals surface area contributed by atoms with Crippen LogP contribution in [0.25, 0.3) is 0 Å². The summed E-state index contributed by atoms with van der Waals surface area (Å²) in [6, 6.07) is -0.987. The molecule has 0 spiro atoms. The number of halogens is 7.